The van der Waals surface area contributed by atoms with Crippen molar-refractivity contribution < 1.29 is 60.0 Å². The van der Waals surface area contributed by atoms with Crippen molar-refractivity contribution in [2.24, 2.45) is 0 Å². The van der Waals surface area contributed by atoms with Crippen LogP contribution in [0.5, 0.6) is 0 Å². The molecule has 8 N–H and O–H groups in total. The SMILES string of the molecule is [NH4+].[NH4+].[O]=[Re](=[O])(=[O])[O-].[O]=[Re](=[O])(=[O])[O-]. The van der Waals surface area contributed by atoms with Gasteiger partial charge in [-0.2, -0.15) is 0 Å². The molecule has 80 valence electrons. The van der Waals surface area contributed by atoms with Crippen LogP contribution in [0.3, 0.4) is 0 Å². The maximum atomic E-state index is 8.64. The summed E-state index contributed by atoms with van der Waals surface area (Å²) >= 11 is -12.2. The van der Waals surface area contributed by atoms with Gasteiger partial charge in [0.25, 0.3) is 0 Å². The molecule has 0 saturated heterocycles. The van der Waals surface area contributed by atoms with Crippen LogP contribution in [0.2, 0.25) is 0 Å². The first kappa shape index (κ1) is 22.7. The van der Waals surface area contributed by atoms with E-state index in [1.807, 2.05) is 0 Å². The van der Waals surface area contributed by atoms with Crippen LogP contribution in [0.4, 0.5) is 0 Å². The van der Waals surface area contributed by atoms with Gasteiger partial charge in [-0.1, -0.05) is 0 Å². The van der Waals surface area contributed by atoms with Gasteiger partial charge in [0.1, 0.15) is 0 Å². The van der Waals surface area contributed by atoms with E-state index in [4.69, 9.17) is 28.5 Å². The first-order chi connectivity index (χ1) is 4.00. The van der Waals surface area contributed by atoms with Gasteiger partial charge in [-0.15, -0.1) is 0 Å². The molecule has 10 nitrogen and oxygen atoms in total. The van der Waals surface area contributed by atoms with Crippen molar-refractivity contribution in [3.8, 4) is 0 Å². The molecule has 0 aliphatic rings. The zero-order valence-corrected chi connectivity index (χ0v) is 11.5. The second kappa shape index (κ2) is 7.61. The molecule has 0 bridgehead atoms. The van der Waals surface area contributed by atoms with Gasteiger partial charge >= 0.3 is 60.0 Å². The molecule has 0 radical (unpaired) electrons. The van der Waals surface area contributed by atoms with Crippen molar-refractivity contribution in [2.45, 2.75) is 0 Å². The standard InChI is InChI=1S/2H3N.8O.2Re/h2*1H3;;;;;;;;;;/q;;;;;;;;2*-1;;/p+2. The number of quaternary nitrogens is 2. The number of rotatable bonds is 0. The molecular formula is H8N2O8Re2. The Morgan fingerprint density at radius 2 is 0.583 bits per heavy atom. The Balaban J connectivity index is -0.0000000457. The maximum absolute atomic E-state index is 8.64. The molecule has 0 unspecified atom stereocenters. The molecule has 12 heavy (non-hydrogen) atoms. The van der Waals surface area contributed by atoms with Crippen LogP contribution in [-0.2, 0) is 52.4 Å². The van der Waals surface area contributed by atoms with Crippen LogP contribution >= 0.6 is 0 Å². The summed E-state index contributed by atoms with van der Waals surface area (Å²) < 4.78 is 69.1. The van der Waals surface area contributed by atoms with Gasteiger partial charge in [0.2, 0.25) is 0 Å². The van der Waals surface area contributed by atoms with E-state index in [2.05, 4.69) is 0 Å². The summed E-state index contributed by atoms with van der Waals surface area (Å²) in [6, 6.07) is 0. The van der Waals surface area contributed by atoms with Crippen molar-refractivity contribution >= 4 is 0 Å². The van der Waals surface area contributed by atoms with Crippen LogP contribution in [0.25, 0.3) is 0 Å². The van der Waals surface area contributed by atoms with Crippen molar-refractivity contribution in [3.05, 3.63) is 0 Å². The van der Waals surface area contributed by atoms with Crippen molar-refractivity contribution in [3.63, 3.8) is 0 Å². The van der Waals surface area contributed by atoms with Gasteiger partial charge in [-0.25, -0.2) is 0 Å². The molecule has 0 aliphatic carbocycles. The quantitative estimate of drug-likeness (QED) is 0.340. The summed E-state index contributed by atoms with van der Waals surface area (Å²) in [7, 11) is 0. The fourth-order valence-corrected chi connectivity index (χ4v) is 0. The zero-order valence-electron chi connectivity index (χ0n) is 6.02. The third-order valence-electron chi connectivity index (χ3n) is 0. The first-order valence-electron chi connectivity index (χ1n) is 1.23. The molecule has 0 atom stereocenters. The summed E-state index contributed by atoms with van der Waals surface area (Å²) in [5.74, 6) is 0. The molecule has 0 saturated carbocycles. The number of hydrogen-bond acceptors (Lipinski definition) is 8. The summed E-state index contributed by atoms with van der Waals surface area (Å²) in [5, 5.41) is 0. The second-order valence-corrected chi connectivity index (χ2v) is 6.19. The van der Waals surface area contributed by atoms with E-state index in [0.29, 0.717) is 0 Å². The molecule has 0 heterocycles. The second-order valence-electron chi connectivity index (χ2n) is 0.756. The predicted molar refractivity (Wildman–Crippen MR) is 16.1 cm³/mol. The molecule has 0 aromatic rings. The van der Waals surface area contributed by atoms with Crippen LogP contribution in [0, 0.1) is 0 Å². The minimum atomic E-state index is -6.11. The first-order valence-corrected chi connectivity index (χ1v) is 10.1. The fraction of sp³-hybridized carbons (Fsp3) is 0. The van der Waals surface area contributed by atoms with Crippen LogP contribution in [-0.4, -0.2) is 0 Å². The monoisotopic (exact) mass is 538 g/mol. The minimum absolute atomic E-state index is 0. The van der Waals surface area contributed by atoms with E-state index in [0.717, 1.165) is 0 Å². The summed E-state index contributed by atoms with van der Waals surface area (Å²) in [5.41, 5.74) is 0. The van der Waals surface area contributed by atoms with Gasteiger partial charge < -0.3 is 12.3 Å². The van der Waals surface area contributed by atoms with Crippen LogP contribution in [0.15, 0.2) is 0 Å². The fourth-order valence-electron chi connectivity index (χ4n) is 0. The molecule has 0 aromatic heterocycles. The van der Waals surface area contributed by atoms with Crippen LogP contribution < -0.4 is 20.0 Å². The Morgan fingerprint density at radius 1 is 0.583 bits per heavy atom. The normalized spacial score (nSPS) is 9.50. The van der Waals surface area contributed by atoms with Gasteiger partial charge in [-0.05, 0) is 0 Å². The topological polar surface area (TPSA) is 222 Å². The van der Waals surface area contributed by atoms with Crippen molar-refractivity contribution in [1.29, 1.82) is 0 Å². The molecule has 0 aliphatic heterocycles. The molecule has 0 rings (SSSR count). The molecule has 12 heteroatoms. The van der Waals surface area contributed by atoms with Gasteiger partial charge in [-0.3, -0.25) is 0 Å². The Bertz CT molecular complexity index is 299. The summed E-state index contributed by atoms with van der Waals surface area (Å²) in [6.07, 6.45) is 0. The van der Waals surface area contributed by atoms with Crippen molar-refractivity contribution in [2.75, 3.05) is 0 Å². The Hall–Kier alpha value is -0.0353. The average molecular weight is 536 g/mol. The van der Waals surface area contributed by atoms with E-state index in [-0.39, 0.29) is 12.3 Å². The van der Waals surface area contributed by atoms with E-state index < -0.39 is 31.6 Å². The van der Waals surface area contributed by atoms with E-state index >= 15 is 0 Å². The molecule has 0 amide bonds. The summed E-state index contributed by atoms with van der Waals surface area (Å²) in [4.78, 5) is 0. The van der Waals surface area contributed by atoms with E-state index in [9.17, 15) is 0 Å². The Morgan fingerprint density at radius 3 is 0.583 bits per heavy atom. The molecule has 0 fully saturated rings. The van der Waals surface area contributed by atoms with Gasteiger partial charge in [0, 0.05) is 0 Å². The van der Waals surface area contributed by atoms with E-state index in [1.54, 1.807) is 0 Å². The Labute approximate surface area is 72.4 Å². The zero-order chi connectivity index (χ0) is 9.00. The third-order valence-corrected chi connectivity index (χ3v) is 0. The van der Waals surface area contributed by atoms with Gasteiger partial charge in [0.05, 0.1) is 0 Å². The molecular weight excluding hydrogens is 528 g/mol. The van der Waals surface area contributed by atoms with Gasteiger partial charge in [0.15, 0.2) is 0 Å². The third kappa shape index (κ3) is 642000. The van der Waals surface area contributed by atoms with E-state index in [1.165, 1.54) is 0 Å². The molecule has 0 aromatic carbocycles. The van der Waals surface area contributed by atoms with Crippen molar-refractivity contribution in [1.82, 2.24) is 12.3 Å². The predicted octanol–water partition coefficient (Wildman–Crippen LogP) is -2.34. The average Bonchev–Trinajstić information content (AvgIpc) is 1.12. The van der Waals surface area contributed by atoms with Crippen LogP contribution in [0.1, 0.15) is 0 Å². The number of hydrogen-bond donors (Lipinski definition) is 2. The summed E-state index contributed by atoms with van der Waals surface area (Å²) in [6.45, 7) is 0. The Kier molecular flexibility index (Phi) is 14.4. The molecule has 0 spiro atoms.